The summed E-state index contributed by atoms with van der Waals surface area (Å²) >= 11 is 0. The summed E-state index contributed by atoms with van der Waals surface area (Å²) < 4.78 is 28.5. The lowest BCUT2D eigenvalue weighted by molar-refractivity contribution is 0.0947. The average molecular weight is 387 g/mol. The molecule has 1 aromatic carbocycles. The number of halogens is 2. The maximum Gasteiger partial charge on any atom is 0.257 e. The van der Waals surface area contributed by atoms with E-state index in [0.29, 0.717) is 12.2 Å². The van der Waals surface area contributed by atoms with Crippen LogP contribution in [0.3, 0.4) is 0 Å². The van der Waals surface area contributed by atoms with E-state index in [1.807, 2.05) is 12.2 Å². The maximum atomic E-state index is 13.7. The molecule has 2 atom stereocenters. The quantitative estimate of drug-likeness (QED) is 0.791. The smallest absolute Gasteiger partial charge is 0.257 e. The average Bonchev–Trinajstić information content (AvgIpc) is 2.86. The van der Waals surface area contributed by atoms with Crippen LogP contribution in [0.5, 0.6) is 5.75 Å². The Bertz CT molecular complexity index is 1030. The number of hydrogen-bond acceptors (Lipinski definition) is 4. The first-order valence-corrected chi connectivity index (χ1v) is 9.00. The van der Waals surface area contributed by atoms with Crippen LogP contribution < -0.4 is 10.7 Å². The van der Waals surface area contributed by atoms with Gasteiger partial charge in [0, 0.05) is 50.0 Å². The van der Waals surface area contributed by atoms with Crippen LogP contribution in [0, 0.1) is 11.6 Å². The predicted molar refractivity (Wildman–Crippen MR) is 98.0 cm³/mol. The highest BCUT2D eigenvalue weighted by molar-refractivity contribution is 5.94. The number of pyridine rings is 1. The normalized spacial score (nSPS) is 20.4. The molecule has 1 unspecified atom stereocenters. The molecule has 0 saturated heterocycles. The second kappa shape index (κ2) is 7.20. The molecule has 2 aliphatic heterocycles. The van der Waals surface area contributed by atoms with Gasteiger partial charge in [-0.3, -0.25) is 14.5 Å². The molecule has 0 saturated carbocycles. The molecule has 0 fully saturated rings. The SMILES string of the molecule is O=C(NCc1ccc(F)cc1F)c1cn2c(c(O)c1=O)CN1CC=CC[C@@H]2C1. The molecule has 0 radical (unpaired) electrons. The minimum absolute atomic E-state index is 0.00935. The van der Waals surface area contributed by atoms with E-state index in [-0.39, 0.29) is 23.7 Å². The number of carbonyl (C=O) groups excluding carboxylic acids is 1. The number of benzene rings is 1. The Labute approximate surface area is 159 Å². The van der Waals surface area contributed by atoms with E-state index in [4.69, 9.17) is 0 Å². The third-order valence-corrected chi connectivity index (χ3v) is 5.19. The fourth-order valence-electron chi connectivity index (χ4n) is 3.70. The topological polar surface area (TPSA) is 74.6 Å². The largest absolute Gasteiger partial charge is 0.503 e. The van der Waals surface area contributed by atoms with Crippen molar-refractivity contribution in [1.29, 1.82) is 0 Å². The summed E-state index contributed by atoms with van der Waals surface area (Å²) in [5, 5.41) is 12.9. The van der Waals surface area contributed by atoms with Gasteiger partial charge in [0.15, 0.2) is 5.75 Å². The standard InChI is InChI=1S/C20H19F2N3O3/c21-13-5-4-12(16(22)7-13)8-23-20(28)15-10-25-14-3-1-2-6-24(9-14)11-17(25)19(27)18(15)26/h1-2,4-5,7,10,14,27H,3,6,8-9,11H2,(H,23,28)/t14-/m1/s1. The van der Waals surface area contributed by atoms with Crippen molar-refractivity contribution in [3.8, 4) is 5.75 Å². The van der Waals surface area contributed by atoms with Crippen LogP contribution in [0.4, 0.5) is 8.78 Å². The minimum Gasteiger partial charge on any atom is -0.503 e. The zero-order valence-electron chi connectivity index (χ0n) is 15.0. The summed E-state index contributed by atoms with van der Waals surface area (Å²) in [4.78, 5) is 27.2. The van der Waals surface area contributed by atoms with Gasteiger partial charge in [0.25, 0.3) is 5.91 Å². The Morgan fingerprint density at radius 2 is 2.11 bits per heavy atom. The summed E-state index contributed by atoms with van der Waals surface area (Å²) in [6.07, 6.45) is 6.29. The Morgan fingerprint density at radius 1 is 1.29 bits per heavy atom. The summed E-state index contributed by atoms with van der Waals surface area (Å²) in [5.74, 6) is -2.64. The van der Waals surface area contributed by atoms with E-state index < -0.39 is 28.7 Å². The molecular formula is C20H19F2N3O3. The summed E-state index contributed by atoms with van der Waals surface area (Å²) in [7, 11) is 0. The first-order valence-electron chi connectivity index (χ1n) is 9.00. The number of amides is 1. The van der Waals surface area contributed by atoms with Gasteiger partial charge in [0.05, 0.1) is 5.69 Å². The molecule has 2 aromatic rings. The number of fused-ring (bicyclic) bond motifs is 4. The molecule has 4 rings (SSSR count). The molecule has 146 valence electrons. The zero-order valence-corrected chi connectivity index (χ0v) is 15.0. The second-order valence-corrected chi connectivity index (χ2v) is 7.05. The lowest BCUT2D eigenvalue weighted by Crippen LogP contribution is -2.39. The van der Waals surface area contributed by atoms with Crippen LogP contribution in [0.2, 0.25) is 0 Å². The van der Waals surface area contributed by atoms with Crippen LogP contribution in [-0.2, 0) is 13.1 Å². The number of nitrogens with zero attached hydrogens (tertiary/aromatic N) is 2. The van der Waals surface area contributed by atoms with Crippen molar-refractivity contribution in [2.75, 3.05) is 13.1 Å². The van der Waals surface area contributed by atoms with Gasteiger partial charge in [0.1, 0.15) is 17.2 Å². The summed E-state index contributed by atoms with van der Waals surface area (Å²) in [5.41, 5.74) is -0.366. The van der Waals surface area contributed by atoms with Crippen molar-refractivity contribution in [3.63, 3.8) is 0 Å². The highest BCUT2D eigenvalue weighted by Gasteiger charge is 2.29. The van der Waals surface area contributed by atoms with Crippen LogP contribution in [-0.4, -0.2) is 33.6 Å². The van der Waals surface area contributed by atoms with Crippen molar-refractivity contribution in [3.05, 3.63) is 75.2 Å². The molecule has 2 aliphatic rings. The highest BCUT2D eigenvalue weighted by atomic mass is 19.1. The zero-order chi connectivity index (χ0) is 19.8. The number of aromatic nitrogens is 1. The third-order valence-electron chi connectivity index (χ3n) is 5.19. The minimum atomic E-state index is -0.782. The van der Waals surface area contributed by atoms with Crippen LogP contribution in [0.1, 0.15) is 34.1 Å². The molecule has 0 aliphatic carbocycles. The molecule has 1 amide bonds. The number of rotatable bonds is 3. The first-order chi connectivity index (χ1) is 13.4. The molecule has 2 bridgehead atoms. The van der Waals surface area contributed by atoms with Crippen molar-refractivity contribution in [1.82, 2.24) is 14.8 Å². The van der Waals surface area contributed by atoms with Gasteiger partial charge in [-0.05, 0) is 12.5 Å². The predicted octanol–water partition coefficient (Wildman–Crippen LogP) is 2.08. The van der Waals surface area contributed by atoms with Crippen LogP contribution in [0.25, 0.3) is 0 Å². The number of carbonyl (C=O) groups is 1. The summed E-state index contributed by atoms with van der Waals surface area (Å²) in [6.45, 7) is 1.72. The lowest BCUT2D eigenvalue weighted by Gasteiger charge is -2.34. The third kappa shape index (κ3) is 3.31. The van der Waals surface area contributed by atoms with Crippen LogP contribution in [0.15, 0.2) is 41.3 Å². The molecular weight excluding hydrogens is 368 g/mol. The Kier molecular flexibility index (Phi) is 4.72. The van der Waals surface area contributed by atoms with Crippen LogP contribution >= 0.6 is 0 Å². The van der Waals surface area contributed by atoms with E-state index in [1.54, 1.807) is 4.57 Å². The Hall–Kier alpha value is -3.00. The fourth-order valence-corrected chi connectivity index (χ4v) is 3.70. The van der Waals surface area contributed by atoms with Gasteiger partial charge in [-0.2, -0.15) is 0 Å². The van der Waals surface area contributed by atoms with Crippen molar-refractivity contribution in [2.45, 2.75) is 25.6 Å². The van der Waals surface area contributed by atoms with Gasteiger partial charge < -0.3 is 15.0 Å². The van der Waals surface area contributed by atoms with Gasteiger partial charge in [-0.15, -0.1) is 0 Å². The molecule has 1 aromatic heterocycles. The van der Waals surface area contributed by atoms with E-state index in [1.165, 1.54) is 12.3 Å². The maximum absolute atomic E-state index is 13.7. The Morgan fingerprint density at radius 3 is 2.89 bits per heavy atom. The Balaban J connectivity index is 1.62. The molecule has 3 heterocycles. The molecule has 6 nitrogen and oxygen atoms in total. The van der Waals surface area contributed by atoms with Crippen molar-refractivity contribution < 1.29 is 18.7 Å². The monoisotopic (exact) mass is 387 g/mol. The second-order valence-electron chi connectivity index (χ2n) is 7.05. The number of nitrogens with one attached hydrogen (secondary N) is 1. The molecule has 28 heavy (non-hydrogen) atoms. The van der Waals surface area contributed by atoms with E-state index in [0.717, 1.165) is 31.6 Å². The molecule has 8 heteroatoms. The van der Waals surface area contributed by atoms with Gasteiger partial charge in [0.2, 0.25) is 5.43 Å². The molecule has 0 spiro atoms. The van der Waals surface area contributed by atoms with Crippen molar-refractivity contribution in [2.24, 2.45) is 0 Å². The summed E-state index contributed by atoms with van der Waals surface area (Å²) in [6, 6.07) is 3.06. The van der Waals surface area contributed by atoms with E-state index >= 15 is 0 Å². The first kappa shape index (κ1) is 18.4. The van der Waals surface area contributed by atoms with Gasteiger partial charge >= 0.3 is 0 Å². The highest BCUT2D eigenvalue weighted by Crippen LogP contribution is 2.29. The lowest BCUT2D eigenvalue weighted by atomic mass is 10.1. The number of aromatic hydroxyl groups is 1. The number of hydrogen-bond donors (Lipinski definition) is 2. The number of allylic oxidation sites excluding steroid dienone is 1. The molecule has 2 N–H and O–H groups in total. The van der Waals surface area contributed by atoms with Crippen molar-refractivity contribution >= 4 is 5.91 Å². The van der Waals surface area contributed by atoms with Gasteiger partial charge in [-0.1, -0.05) is 18.2 Å². The van der Waals surface area contributed by atoms with E-state index in [9.17, 15) is 23.5 Å². The van der Waals surface area contributed by atoms with Gasteiger partial charge in [-0.25, -0.2) is 8.78 Å². The fraction of sp³-hybridized carbons (Fsp3) is 0.300. The van der Waals surface area contributed by atoms with E-state index in [2.05, 4.69) is 10.2 Å².